The topological polar surface area (TPSA) is 42.0 Å². The Labute approximate surface area is 88.5 Å². The second-order valence-corrected chi connectivity index (χ2v) is 3.54. The van der Waals surface area contributed by atoms with Crippen LogP contribution in [0, 0.1) is 0 Å². The Morgan fingerprint density at radius 1 is 1.71 bits per heavy atom. The molecule has 4 heteroatoms. The van der Waals surface area contributed by atoms with Gasteiger partial charge >= 0.3 is 0 Å². The van der Waals surface area contributed by atoms with E-state index in [1.54, 1.807) is 12.1 Å². The van der Waals surface area contributed by atoms with Gasteiger partial charge in [0.1, 0.15) is 5.15 Å². The van der Waals surface area contributed by atoms with E-state index in [4.69, 9.17) is 11.6 Å². The highest BCUT2D eigenvalue weighted by atomic mass is 35.5. The van der Waals surface area contributed by atoms with Crippen LogP contribution < -0.4 is 5.32 Å². The molecule has 0 spiro atoms. The molecule has 1 rings (SSSR count). The van der Waals surface area contributed by atoms with Crippen molar-refractivity contribution in [3.05, 3.63) is 29.0 Å². The van der Waals surface area contributed by atoms with Crippen LogP contribution in [-0.4, -0.2) is 16.9 Å². The van der Waals surface area contributed by atoms with Crippen molar-refractivity contribution in [2.75, 3.05) is 0 Å². The van der Waals surface area contributed by atoms with E-state index in [-0.39, 0.29) is 11.9 Å². The van der Waals surface area contributed by atoms with E-state index in [0.717, 1.165) is 6.42 Å². The van der Waals surface area contributed by atoms with Crippen molar-refractivity contribution < 1.29 is 4.79 Å². The van der Waals surface area contributed by atoms with Gasteiger partial charge in [0.25, 0.3) is 5.91 Å². The maximum Gasteiger partial charge on any atom is 0.251 e. The lowest BCUT2D eigenvalue weighted by Crippen LogP contribution is -2.31. The number of aromatic nitrogens is 1. The van der Waals surface area contributed by atoms with Gasteiger partial charge in [0.05, 0.1) is 0 Å². The molecule has 0 saturated carbocycles. The molecule has 0 aliphatic heterocycles. The summed E-state index contributed by atoms with van der Waals surface area (Å²) < 4.78 is 0. The van der Waals surface area contributed by atoms with E-state index in [1.165, 1.54) is 6.20 Å². The number of hydrogen-bond donors (Lipinski definition) is 1. The van der Waals surface area contributed by atoms with E-state index in [0.29, 0.717) is 10.7 Å². The minimum absolute atomic E-state index is 0.108. The molecule has 1 N–H and O–H groups in total. The first kappa shape index (κ1) is 11.0. The Morgan fingerprint density at radius 2 is 2.43 bits per heavy atom. The number of nitrogens with zero attached hydrogens (tertiary/aromatic N) is 1. The van der Waals surface area contributed by atoms with E-state index in [9.17, 15) is 4.79 Å². The van der Waals surface area contributed by atoms with E-state index >= 15 is 0 Å². The molecule has 0 radical (unpaired) electrons. The third-order valence-electron chi connectivity index (χ3n) is 1.98. The predicted molar refractivity (Wildman–Crippen MR) is 56.5 cm³/mol. The van der Waals surface area contributed by atoms with Crippen LogP contribution in [0.15, 0.2) is 18.3 Å². The van der Waals surface area contributed by atoms with Crippen LogP contribution >= 0.6 is 11.6 Å². The molecule has 1 heterocycles. The first-order valence-corrected chi connectivity index (χ1v) is 4.93. The maximum atomic E-state index is 11.6. The van der Waals surface area contributed by atoms with Crippen molar-refractivity contribution in [3.63, 3.8) is 0 Å². The van der Waals surface area contributed by atoms with Gasteiger partial charge in [-0.3, -0.25) is 4.79 Å². The molecule has 0 aliphatic rings. The van der Waals surface area contributed by atoms with Crippen molar-refractivity contribution in [2.45, 2.75) is 26.3 Å². The molecule has 0 aromatic carbocycles. The Morgan fingerprint density at radius 3 is 3.00 bits per heavy atom. The highest BCUT2D eigenvalue weighted by Gasteiger charge is 2.08. The molecule has 0 aliphatic carbocycles. The molecule has 76 valence electrons. The fourth-order valence-corrected chi connectivity index (χ4v) is 1.13. The van der Waals surface area contributed by atoms with Crippen LogP contribution in [0.1, 0.15) is 30.6 Å². The molecular formula is C10H13ClN2O. The second kappa shape index (κ2) is 4.96. The van der Waals surface area contributed by atoms with Gasteiger partial charge in [0.2, 0.25) is 0 Å². The summed E-state index contributed by atoms with van der Waals surface area (Å²) in [5.74, 6) is -0.108. The average Bonchev–Trinajstić information content (AvgIpc) is 2.17. The summed E-state index contributed by atoms with van der Waals surface area (Å²) in [5, 5.41) is 3.18. The molecule has 3 nitrogen and oxygen atoms in total. The molecule has 1 aromatic rings. The van der Waals surface area contributed by atoms with Crippen molar-refractivity contribution in [1.82, 2.24) is 10.3 Å². The Bertz CT molecular complexity index is 328. The molecule has 0 fully saturated rings. The third kappa shape index (κ3) is 3.00. The standard InChI is InChI=1S/C10H13ClN2O/c1-3-7(2)13-10(14)8-4-5-12-9(11)6-8/h4-7H,3H2,1-2H3,(H,13,14)/t7-/m1/s1. The second-order valence-electron chi connectivity index (χ2n) is 3.15. The van der Waals surface area contributed by atoms with Gasteiger partial charge in [-0.15, -0.1) is 0 Å². The lowest BCUT2D eigenvalue weighted by Gasteiger charge is -2.10. The summed E-state index contributed by atoms with van der Waals surface area (Å²) in [7, 11) is 0. The summed E-state index contributed by atoms with van der Waals surface area (Å²) in [6.07, 6.45) is 2.43. The largest absolute Gasteiger partial charge is 0.350 e. The summed E-state index contributed by atoms with van der Waals surface area (Å²) in [6, 6.07) is 3.37. The Balaban J connectivity index is 2.70. The molecule has 0 unspecified atom stereocenters. The number of rotatable bonds is 3. The van der Waals surface area contributed by atoms with Gasteiger partial charge in [0.15, 0.2) is 0 Å². The molecule has 1 amide bonds. The third-order valence-corrected chi connectivity index (χ3v) is 2.19. The molecule has 0 saturated heterocycles. The Hall–Kier alpha value is -1.09. The van der Waals surface area contributed by atoms with Gasteiger partial charge in [-0.25, -0.2) is 4.98 Å². The quantitative estimate of drug-likeness (QED) is 0.781. The van der Waals surface area contributed by atoms with Crippen LogP contribution in [0.25, 0.3) is 0 Å². The number of pyridine rings is 1. The van der Waals surface area contributed by atoms with E-state index in [2.05, 4.69) is 10.3 Å². The molecule has 1 atom stereocenters. The zero-order valence-electron chi connectivity index (χ0n) is 8.25. The van der Waals surface area contributed by atoms with Crippen LogP contribution in [-0.2, 0) is 0 Å². The fourth-order valence-electron chi connectivity index (χ4n) is 0.953. The Kier molecular flexibility index (Phi) is 3.89. The monoisotopic (exact) mass is 212 g/mol. The predicted octanol–water partition coefficient (Wildman–Crippen LogP) is 2.26. The van der Waals surface area contributed by atoms with Crippen molar-refractivity contribution in [1.29, 1.82) is 0 Å². The summed E-state index contributed by atoms with van der Waals surface area (Å²) in [4.78, 5) is 15.4. The lowest BCUT2D eigenvalue weighted by atomic mass is 10.2. The first-order valence-electron chi connectivity index (χ1n) is 4.56. The van der Waals surface area contributed by atoms with Crippen LogP contribution in [0.3, 0.4) is 0 Å². The summed E-state index contributed by atoms with van der Waals surface area (Å²) in [5.41, 5.74) is 0.547. The number of hydrogen-bond acceptors (Lipinski definition) is 2. The molecule has 0 bridgehead atoms. The average molecular weight is 213 g/mol. The number of amides is 1. The lowest BCUT2D eigenvalue weighted by molar-refractivity contribution is 0.0939. The minimum Gasteiger partial charge on any atom is -0.350 e. The number of halogens is 1. The SMILES string of the molecule is CC[C@@H](C)NC(=O)c1ccnc(Cl)c1. The fraction of sp³-hybridized carbons (Fsp3) is 0.400. The number of carbonyl (C=O) groups is 1. The van der Waals surface area contributed by atoms with Crippen LogP contribution in [0.4, 0.5) is 0 Å². The van der Waals surface area contributed by atoms with Crippen LogP contribution in [0.5, 0.6) is 0 Å². The van der Waals surface area contributed by atoms with Crippen molar-refractivity contribution in [3.8, 4) is 0 Å². The first-order chi connectivity index (χ1) is 6.63. The summed E-state index contributed by atoms with van der Waals surface area (Å²) in [6.45, 7) is 3.98. The van der Waals surface area contributed by atoms with Gasteiger partial charge in [-0.2, -0.15) is 0 Å². The van der Waals surface area contributed by atoms with Crippen molar-refractivity contribution in [2.24, 2.45) is 0 Å². The van der Waals surface area contributed by atoms with Gasteiger partial charge < -0.3 is 5.32 Å². The number of nitrogens with one attached hydrogen (secondary N) is 1. The highest BCUT2D eigenvalue weighted by molar-refractivity contribution is 6.29. The van der Waals surface area contributed by atoms with E-state index in [1.807, 2.05) is 13.8 Å². The maximum absolute atomic E-state index is 11.6. The van der Waals surface area contributed by atoms with Crippen LogP contribution in [0.2, 0.25) is 5.15 Å². The minimum atomic E-state index is -0.108. The molecule has 14 heavy (non-hydrogen) atoms. The van der Waals surface area contributed by atoms with Gasteiger partial charge in [-0.05, 0) is 25.5 Å². The normalized spacial score (nSPS) is 12.2. The molecule has 1 aromatic heterocycles. The zero-order chi connectivity index (χ0) is 10.6. The van der Waals surface area contributed by atoms with E-state index < -0.39 is 0 Å². The smallest absolute Gasteiger partial charge is 0.251 e. The number of carbonyl (C=O) groups excluding carboxylic acids is 1. The molecular weight excluding hydrogens is 200 g/mol. The van der Waals surface area contributed by atoms with Gasteiger partial charge in [0, 0.05) is 17.8 Å². The van der Waals surface area contributed by atoms with Gasteiger partial charge in [-0.1, -0.05) is 18.5 Å². The summed E-state index contributed by atoms with van der Waals surface area (Å²) >= 11 is 5.67. The van der Waals surface area contributed by atoms with Crippen molar-refractivity contribution >= 4 is 17.5 Å². The highest BCUT2D eigenvalue weighted by Crippen LogP contribution is 2.07. The zero-order valence-corrected chi connectivity index (χ0v) is 9.01.